The first kappa shape index (κ1) is 13.3. The first-order valence-electron chi connectivity index (χ1n) is 8.40. The molecule has 2 heterocycles. The van der Waals surface area contributed by atoms with Crippen LogP contribution in [-0.4, -0.2) is 34.7 Å². The summed E-state index contributed by atoms with van der Waals surface area (Å²) < 4.78 is 1.89. The van der Waals surface area contributed by atoms with Crippen LogP contribution in [0.15, 0.2) is 17.2 Å². The van der Waals surface area contributed by atoms with Crippen molar-refractivity contribution in [2.75, 3.05) is 18.0 Å². The molecule has 0 amide bonds. The Kier molecular flexibility index (Phi) is 3.45. The largest absolute Gasteiger partial charge is 0.347 e. The van der Waals surface area contributed by atoms with Gasteiger partial charge >= 0.3 is 0 Å². The number of hydrogen-bond donors (Lipinski definition) is 1. The summed E-state index contributed by atoms with van der Waals surface area (Å²) in [6.07, 6.45) is 12.1. The fraction of sp³-hybridized carbons (Fsp3) is 0.750. The molecule has 114 valence electrons. The van der Waals surface area contributed by atoms with Crippen molar-refractivity contribution < 1.29 is 0 Å². The molecule has 5 nitrogen and oxygen atoms in total. The molecule has 1 saturated heterocycles. The normalized spacial score (nSPS) is 25.8. The topological polar surface area (TPSA) is 50.2 Å². The van der Waals surface area contributed by atoms with Gasteiger partial charge in [0.1, 0.15) is 0 Å². The number of piperidine rings is 1. The first-order valence-corrected chi connectivity index (χ1v) is 8.40. The van der Waals surface area contributed by atoms with Crippen LogP contribution in [0.1, 0.15) is 51.0 Å². The zero-order valence-electron chi connectivity index (χ0n) is 12.5. The van der Waals surface area contributed by atoms with Crippen LogP contribution in [0, 0.1) is 0 Å². The number of aromatic nitrogens is 2. The number of nitrogens with one attached hydrogen (secondary N) is 1. The van der Waals surface area contributed by atoms with Gasteiger partial charge in [-0.05, 0) is 45.1 Å². The minimum atomic E-state index is 0.114. The zero-order valence-corrected chi connectivity index (χ0v) is 12.5. The van der Waals surface area contributed by atoms with Crippen molar-refractivity contribution in [1.29, 1.82) is 0 Å². The number of rotatable bonds is 5. The van der Waals surface area contributed by atoms with Gasteiger partial charge in [-0.15, -0.1) is 0 Å². The molecule has 0 spiro atoms. The van der Waals surface area contributed by atoms with Gasteiger partial charge < -0.3 is 14.8 Å². The Balaban J connectivity index is 1.58. The Labute approximate surface area is 125 Å². The molecule has 0 aromatic carbocycles. The predicted molar refractivity (Wildman–Crippen MR) is 82.8 cm³/mol. The monoisotopic (exact) mass is 288 g/mol. The minimum absolute atomic E-state index is 0.114. The van der Waals surface area contributed by atoms with Gasteiger partial charge in [0.05, 0.1) is 0 Å². The maximum absolute atomic E-state index is 12.7. The lowest BCUT2D eigenvalue weighted by Gasteiger charge is -2.31. The van der Waals surface area contributed by atoms with Crippen LogP contribution in [-0.2, 0) is 0 Å². The van der Waals surface area contributed by atoms with Crippen molar-refractivity contribution in [3.63, 3.8) is 0 Å². The molecule has 1 unspecified atom stereocenters. The SMILES string of the molecule is O=c1c(N(CC2CCCCN2)C2CC2)nccn1C1CC1. The summed E-state index contributed by atoms with van der Waals surface area (Å²) in [6, 6.07) is 1.47. The van der Waals surface area contributed by atoms with Gasteiger partial charge in [0.25, 0.3) is 5.56 Å². The van der Waals surface area contributed by atoms with E-state index in [2.05, 4.69) is 15.2 Å². The van der Waals surface area contributed by atoms with Gasteiger partial charge in [-0.25, -0.2) is 4.98 Å². The lowest BCUT2D eigenvalue weighted by molar-refractivity contribution is 0.397. The molecule has 4 rings (SSSR count). The summed E-state index contributed by atoms with van der Waals surface area (Å²) in [7, 11) is 0. The molecule has 3 fully saturated rings. The third-order valence-corrected chi connectivity index (χ3v) is 4.88. The standard InChI is InChI=1S/C16H24N4O/c21-16-15(18-9-10-19(16)13-4-5-13)20(14-6-7-14)11-12-3-1-2-8-17-12/h9-10,12-14,17H,1-8,11H2. The summed E-state index contributed by atoms with van der Waals surface area (Å²) in [6.45, 7) is 2.04. The second-order valence-electron chi connectivity index (χ2n) is 6.72. The molecule has 1 aromatic rings. The van der Waals surface area contributed by atoms with Gasteiger partial charge in [-0.2, -0.15) is 0 Å². The highest BCUT2D eigenvalue weighted by Gasteiger charge is 2.34. The van der Waals surface area contributed by atoms with E-state index >= 15 is 0 Å². The molecular formula is C16H24N4O. The van der Waals surface area contributed by atoms with Gasteiger partial charge in [0.15, 0.2) is 5.82 Å². The van der Waals surface area contributed by atoms with Crippen LogP contribution >= 0.6 is 0 Å². The molecule has 1 aliphatic heterocycles. The summed E-state index contributed by atoms with van der Waals surface area (Å²) in [5, 5.41) is 3.59. The molecule has 0 radical (unpaired) electrons. The highest BCUT2D eigenvalue weighted by Crippen LogP contribution is 2.34. The van der Waals surface area contributed by atoms with Crippen molar-refractivity contribution in [1.82, 2.24) is 14.9 Å². The van der Waals surface area contributed by atoms with E-state index < -0.39 is 0 Å². The van der Waals surface area contributed by atoms with Crippen LogP contribution in [0.5, 0.6) is 0 Å². The van der Waals surface area contributed by atoms with E-state index in [0.717, 1.165) is 25.9 Å². The van der Waals surface area contributed by atoms with Crippen LogP contribution < -0.4 is 15.8 Å². The van der Waals surface area contributed by atoms with E-state index in [-0.39, 0.29) is 5.56 Å². The van der Waals surface area contributed by atoms with Crippen LogP contribution in [0.2, 0.25) is 0 Å². The molecule has 2 saturated carbocycles. The van der Waals surface area contributed by atoms with E-state index in [1.54, 1.807) is 6.20 Å². The maximum Gasteiger partial charge on any atom is 0.293 e. The zero-order chi connectivity index (χ0) is 14.2. The fourth-order valence-electron chi connectivity index (χ4n) is 3.36. The average molecular weight is 288 g/mol. The highest BCUT2D eigenvalue weighted by molar-refractivity contribution is 5.40. The molecule has 5 heteroatoms. The Morgan fingerprint density at radius 3 is 2.76 bits per heavy atom. The van der Waals surface area contributed by atoms with Gasteiger partial charge in [-0.1, -0.05) is 6.42 Å². The summed E-state index contributed by atoms with van der Waals surface area (Å²) in [5.41, 5.74) is 0.114. The van der Waals surface area contributed by atoms with Crippen LogP contribution in [0.4, 0.5) is 5.82 Å². The lowest BCUT2D eigenvalue weighted by atomic mass is 10.0. The molecular weight excluding hydrogens is 264 g/mol. The van der Waals surface area contributed by atoms with Crippen molar-refractivity contribution in [2.24, 2.45) is 0 Å². The van der Waals surface area contributed by atoms with Gasteiger partial charge in [0.2, 0.25) is 0 Å². The molecule has 21 heavy (non-hydrogen) atoms. The molecule has 3 aliphatic rings. The number of nitrogens with zero attached hydrogens (tertiary/aromatic N) is 3. The van der Waals surface area contributed by atoms with Crippen molar-refractivity contribution in [3.05, 3.63) is 22.7 Å². The number of anilines is 1. The van der Waals surface area contributed by atoms with Crippen molar-refractivity contribution in [3.8, 4) is 0 Å². The molecule has 1 N–H and O–H groups in total. The molecule has 2 aliphatic carbocycles. The Morgan fingerprint density at radius 2 is 2.10 bits per heavy atom. The Morgan fingerprint density at radius 1 is 1.24 bits per heavy atom. The van der Waals surface area contributed by atoms with E-state index in [1.165, 1.54) is 32.1 Å². The van der Waals surface area contributed by atoms with E-state index in [9.17, 15) is 4.79 Å². The summed E-state index contributed by atoms with van der Waals surface area (Å²) in [4.78, 5) is 19.4. The molecule has 0 bridgehead atoms. The van der Waals surface area contributed by atoms with E-state index in [4.69, 9.17) is 0 Å². The minimum Gasteiger partial charge on any atom is -0.347 e. The lowest BCUT2D eigenvalue weighted by Crippen LogP contribution is -2.46. The Bertz CT molecular complexity index is 556. The predicted octanol–water partition coefficient (Wildman–Crippen LogP) is 1.69. The quantitative estimate of drug-likeness (QED) is 0.896. The van der Waals surface area contributed by atoms with E-state index in [0.29, 0.717) is 23.9 Å². The smallest absolute Gasteiger partial charge is 0.293 e. The average Bonchev–Trinajstić information content (AvgIpc) is 3.40. The summed E-state index contributed by atoms with van der Waals surface area (Å²) >= 11 is 0. The summed E-state index contributed by atoms with van der Waals surface area (Å²) in [5.74, 6) is 0.680. The van der Waals surface area contributed by atoms with Gasteiger partial charge in [-0.3, -0.25) is 4.79 Å². The first-order chi connectivity index (χ1) is 10.3. The fourth-order valence-corrected chi connectivity index (χ4v) is 3.36. The molecule has 1 aromatic heterocycles. The maximum atomic E-state index is 12.7. The number of hydrogen-bond acceptors (Lipinski definition) is 4. The second-order valence-corrected chi connectivity index (χ2v) is 6.72. The highest BCUT2D eigenvalue weighted by atomic mass is 16.1. The van der Waals surface area contributed by atoms with Crippen molar-refractivity contribution >= 4 is 5.82 Å². The van der Waals surface area contributed by atoms with Crippen LogP contribution in [0.3, 0.4) is 0 Å². The third kappa shape index (κ3) is 2.84. The Hall–Kier alpha value is -1.36. The van der Waals surface area contributed by atoms with E-state index in [1.807, 2.05) is 10.8 Å². The van der Waals surface area contributed by atoms with Gasteiger partial charge in [0, 0.05) is 37.1 Å². The van der Waals surface area contributed by atoms with Crippen molar-refractivity contribution in [2.45, 2.75) is 63.1 Å². The third-order valence-electron chi connectivity index (χ3n) is 4.88. The molecule has 1 atom stereocenters. The van der Waals surface area contributed by atoms with Crippen LogP contribution in [0.25, 0.3) is 0 Å². The second kappa shape index (κ2) is 5.44.